The molecule has 0 radical (unpaired) electrons. The SMILES string of the molecule is O=C1OC(c2ccc(N3CCCC3=O)cc2)=N/C1=C/c1cccc(Br)c1. The van der Waals surface area contributed by atoms with Gasteiger partial charge < -0.3 is 9.64 Å². The summed E-state index contributed by atoms with van der Waals surface area (Å²) < 4.78 is 6.22. The maximum absolute atomic E-state index is 12.1. The van der Waals surface area contributed by atoms with E-state index >= 15 is 0 Å². The van der Waals surface area contributed by atoms with Crippen molar-refractivity contribution in [1.82, 2.24) is 0 Å². The average Bonchev–Trinajstić information content (AvgIpc) is 3.21. The molecule has 5 nitrogen and oxygen atoms in total. The number of hydrogen-bond acceptors (Lipinski definition) is 4. The first-order valence-corrected chi connectivity index (χ1v) is 9.08. The topological polar surface area (TPSA) is 59.0 Å². The zero-order valence-corrected chi connectivity index (χ0v) is 15.4. The molecular formula is C20H15BrN2O3. The van der Waals surface area contributed by atoms with Crippen molar-refractivity contribution in [2.45, 2.75) is 12.8 Å². The summed E-state index contributed by atoms with van der Waals surface area (Å²) in [6.07, 6.45) is 3.17. The molecule has 2 aliphatic rings. The number of cyclic esters (lactones) is 1. The van der Waals surface area contributed by atoms with Crippen LogP contribution in [-0.2, 0) is 14.3 Å². The third kappa shape index (κ3) is 3.32. The maximum atomic E-state index is 12.1. The summed E-state index contributed by atoms with van der Waals surface area (Å²) in [5, 5.41) is 0. The molecule has 0 N–H and O–H groups in total. The van der Waals surface area contributed by atoms with Gasteiger partial charge in [0.1, 0.15) is 0 Å². The van der Waals surface area contributed by atoms with Crippen LogP contribution in [0.5, 0.6) is 0 Å². The maximum Gasteiger partial charge on any atom is 0.363 e. The molecule has 0 saturated carbocycles. The third-order valence-corrected chi connectivity index (χ3v) is 4.77. The number of esters is 1. The van der Waals surface area contributed by atoms with Crippen molar-refractivity contribution in [1.29, 1.82) is 0 Å². The van der Waals surface area contributed by atoms with Crippen molar-refractivity contribution < 1.29 is 14.3 Å². The third-order valence-electron chi connectivity index (χ3n) is 4.27. The lowest BCUT2D eigenvalue weighted by Crippen LogP contribution is -2.23. The van der Waals surface area contributed by atoms with E-state index in [1.807, 2.05) is 48.5 Å². The summed E-state index contributed by atoms with van der Waals surface area (Å²) in [6, 6.07) is 14.9. The fraction of sp³-hybridized carbons (Fsp3) is 0.150. The van der Waals surface area contributed by atoms with Gasteiger partial charge in [0.15, 0.2) is 5.70 Å². The van der Waals surface area contributed by atoms with Crippen molar-refractivity contribution in [2.24, 2.45) is 4.99 Å². The molecule has 130 valence electrons. The van der Waals surface area contributed by atoms with E-state index < -0.39 is 5.97 Å². The van der Waals surface area contributed by atoms with E-state index in [0.717, 1.165) is 28.7 Å². The number of aliphatic imine (C=N–C) groups is 1. The number of anilines is 1. The van der Waals surface area contributed by atoms with Crippen LogP contribution in [-0.4, -0.2) is 24.3 Å². The Hall–Kier alpha value is -2.73. The zero-order chi connectivity index (χ0) is 18.1. The van der Waals surface area contributed by atoms with Gasteiger partial charge in [-0.05, 0) is 54.5 Å². The molecule has 2 aliphatic heterocycles. The van der Waals surface area contributed by atoms with Crippen LogP contribution in [0.3, 0.4) is 0 Å². The predicted octanol–water partition coefficient (Wildman–Crippen LogP) is 3.92. The Morgan fingerprint density at radius 3 is 2.62 bits per heavy atom. The summed E-state index contributed by atoms with van der Waals surface area (Å²) in [5.41, 5.74) is 2.67. The van der Waals surface area contributed by atoms with E-state index in [9.17, 15) is 9.59 Å². The van der Waals surface area contributed by atoms with E-state index in [0.29, 0.717) is 12.0 Å². The van der Waals surface area contributed by atoms with E-state index in [4.69, 9.17) is 4.74 Å². The zero-order valence-electron chi connectivity index (χ0n) is 13.8. The highest BCUT2D eigenvalue weighted by Crippen LogP contribution is 2.24. The van der Waals surface area contributed by atoms with Crippen LogP contribution in [0.25, 0.3) is 6.08 Å². The lowest BCUT2D eigenvalue weighted by atomic mass is 10.2. The molecule has 0 spiro atoms. The fourth-order valence-corrected chi connectivity index (χ4v) is 3.41. The van der Waals surface area contributed by atoms with Crippen LogP contribution in [0.15, 0.2) is 63.7 Å². The van der Waals surface area contributed by atoms with Gasteiger partial charge in [-0.3, -0.25) is 4.79 Å². The molecule has 1 amide bonds. The number of amides is 1. The van der Waals surface area contributed by atoms with Gasteiger partial charge in [-0.15, -0.1) is 0 Å². The summed E-state index contributed by atoms with van der Waals surface area (Å²) >= 11 is 3.40. The summed E-state index contributed by atoms with van der Waals surface area (Å²) in [5.74, 6) is -0.0593. The average molecular weight is 411 g/mol. The second-order valence-corrected chi connectivity index (χ2v) is 7.00. The van der Waals surface area contributed by atoms with Crippen LogP contribution in [0, 0.1) is 0 Å². The summed E-state index contributed by atoms with van der Waals surface area (Å²) in [4.78, 5) is 30.0. The summed E-state index contributed by atoms with van der Waals surface area (Å²) in [7, 11) is 0. The van der Waals surface area contributed by atoms with Gasteiger partial charge in [0.25, 0.3) is 0 Å². The quantitative estimate of drug-likeness (QED) is 0.568. The monoisotopic (exact) mass is 410 g/mol. The lowest BCUT2D eigenvalue weighted by molar-refractivity contribution is -0.130. The number of carbonyl (C=O) groups excluding carboxylic acids is 2. The Balaban J connectivity index is 1.58. The first-order chi connectivity index (χ1) is 12.6. The highest BCUT2D eigenvalue weighted by molar-refractivity contribution is 9.10. The van der Waals surface area contributed by atoms with Crippen molar-refractivity contribution in [3.05, 3.63) is 69.8 Å². The van der Waals surface area contributed by atoms with E-state index in [1.54, 1.807) is 11.0 Å². The van der Waals surface area contributed by atoms with Gasteiger partial charge in [0, 0.05) is 28.7 Å². The Kier molecular flexibility index (Phi) is 4.42. The number of carbonyl (C=O) groups is 2. The second kappa shape index (κ2) is 6.88. The highest BCUT2D eigenvalue weighted by atomic mass is 79.9. The number of halogens is 1. The van der Waals surface area contributed by atoms with Crippen LogP contribution in [0.2, 0.25) is 0 Å². The molecular weight excluding hydrogens is 396 g/mol. The van der Waals surface area contributed by atoms with Crippen molar-refractivity contribution in [3.8, 4) is 0 Å². The smallest absolute Gasteiger partial charge is 0.363 e. The molecule has 0 aromatic heterocycles. The van der Waals surface area contributed by atoms with E-state index in [2.05, 4.69) is 20.9 Å². The number of benzene rings is 2. The second-order valence-electron chi connectivity index (χ2n) is 6.09. The molecule has 2 aromatic carbocycles. The number of hydrogen-bond donors (Lipinski definition) is 0. The molecule has 1 saturated heterocycles. The van der Waals surface area contributed by atoms with Crippen molar-refractivity contribution in [2.75, 3.05) is 11.4 Å². The van der Waals surface area contributed by atoms with E-state index in [-0.39, 0.29) is 17.5 Å². The van der Waals surface area contributed by atoms with Crippen molar-refractivity contribution >= 4 is 45.5 Å². The molecule has 26 heavy (non-hydrogen) atoms. The lowest BCUT2D eigenvalue weighted by Gasteiger charge is -2.15. The van der Waals surface area contributed by atoms with Gasteiger partial charge in [0.2, 0.25) is 11.8 Å². The van der Waals surface area contributed by atoms with Gasteiger partial charge in [0.05, 0.1) is 0 Å². The molecule has 0 unspecified atom stereocenters. The van der Waals surface area contributed by atoms with Crippen LogP contribution in [0.1, 0.15) is 24.0 Å². The molecule has 0 bridgehead atoms. The Bertz CT molecular complexity index is 948. The van der Waals surface area contributed by atoms with Gasteiger partial charge in [-0.1, -0.05) is 28.1 Å². The first kappa shape index (κ1) is 16.7. The standard InChI is InChI=1S/C20H15BrN2O3/c21-15-4-1-3-13(11-15)12-17-20(25)26-19(22-17)14-6-8-16(9-7-14)23-10-2-5-18(23)24/h1,3-4,6-9,11-12H,2,5,10H2/b17-12+. The Labute approximate surface area is 159 Å². The van der Waals surface area contributed by atoms with Crippen LogP contribution < -0.4 is 4.90 Å². The predicted molar refractivity (Wildman–Crippen MR) is 103 cm³/mol. The molecule has 0 atom stereocenters. The molecule has 1 fully saturated rings. The minimum atomic E-state index is -0.473. The number of ether oxygens (including phenoxy) is 1. The van der Waals surface area contributed by atoms with Crippen LogP contribution >= 0.6 is 15.9 Å². The largest absolute Gasteiger partial charge is 0.402 e. The number of rotatable bonds is 3. The normalized spacial score (nSPS) is 18.4. The Morgan fingerprint density at radius 2 is 1.92 bits per heavy atom. The van der Waals surface area contributed by atoms with Crippen LogP contribution in [0.4, 0.5) is 5.69 Å². The van der Waals surface area contributed by atoms with Crippen molar-refractivity contribution in [3.63, 3.8) is 0 Å². The van der Waals surface area contributed by atoms with Gasteiger partial charge in [-0.2, -0.15) is 0 Å². The molecule has 6 heteroatoms. The number of nitrogens with zero attached hydrogens (tertiary/aromatic N) is 2. The first-order valence-electron chi connectivity index (χ1n) is 8.29. The van der Waals surface area contributed by atoms with Gasteiger partial charge in [-0.25, -0.2) is 9.79 Å². The molecule has 2 heterocycles. The fourth-order valence-electron chi connectivity index (χ4n) is 2.99. The Morgan fingerprint density at radius 1 is 1.12 bits per heavy atom. The summed E-state index contributed by atoms with van der Waals surface area (Å²) in [6.45, 7) is 0.744. The minimum Gasteiger partial charge on any atom is -0.402 e. The highest BCUT2D eigenvalue weighted by Gasteiger charge is 2.25. The van der Waals surface area contributed by atoms with Gasteiger partial charge >= 0.3 is 5.97 Å². The molecule has 4 rings (SSSR count). The minimum absolute atomic E-state index is 0.140. The molecule has 2 aromatic rings. The molecule has 0 aliphatic carbocycles. The van der Waals surface area contributed by atoms with E-state index in [1.165, 1.54) is 0 Å².